The van der Waals surface area contributed by atoms with Crippen LogP contribution in [0.2, 0.25) is 0 Å². The molecule has 4 nitrogen and oxygen atoms in total. The number of likely N-dealkylation sites (N-methyl/N-ethyl adjacent to an activating group) is 1. The van der Waals surface area contributed by atoms with Crippen LogP contribution in [-0.2, 0) is 16.0 Å². The number of halogens is 1. The van der Waals surface area contributed by atoms with E-state index in [0.29, 0.717) is 13.0 Å². The summed E-state index contributed by atoms with van der Waals surface area (Å²) in [5.74, 6) is -1.44. The van der Waals surface area contributed by atoms with Crippen molar-refractivity contribution in [3.63, 3.8) is 0 Å². The second kappa shape index (κ2) is 6.96. The lowest BCUT2D eigenvalue weighted by atomic mass is 10.1. The van der Waals surface area contributed by atoms with Gasteiger partial charge in [0, 0.05) is 30.2 Å². The topological polar surface area (TPSA) is 57.6 Å². The van der Waals surface area contributed by atoms with Crippen molar-refractivity contribution in [2.45, 2.75) is 6.42 Å². The van der Waals surface area contributed by atoms with Gasteiger partial charge < -0.3 is 10.0 Å². The summed E-state index contributed by atoms with van der Waals surface area (Å²) in [6.07, 6.45) is 2.62. The summed E-state index contributed by atoms with van der Waals surface area (Å²) >= 11 is 3.44. The molecule has 18 heavy (non-hydrogen) atoms. The van der Waals surface area contributed by atoms with E-state index in [0.717, 1.165) is 22.2 Å². The third kappa shape index (κ3) is 4.71. The Morgan fingerprint density at radius 1 is 1.33 bits per heavy atom. The Morgan fingerprint density at radius 2 is 2.00 bits per heavy atom. The zero-order chi connectivity index (χ0) is 13.5. The Morgan fingerprint density at radius 3 is 2.61 bits per heavy atom. The van der Waals surface area contributed by atoms with Crippen LogP contribution < -0.4 is 0 Å². The van der Waals surface area contributed by atoms with Crippen LogP contribution in [0, 0.1) is 0 Å². The minimum absolute atomic E-state index is 0.315. The molecule has 0 radical (unpaired) electrons. The standard InChI is InChI=1S/C13H14BrNO3/c1-15(12(16)6-7-13(17)18)9-8-10-4-2-3-5-11(10)14/h2-7H,8-9H2,1H3,(H,17,18)/b7-6+. The number of amides is 1. The van der Waals surface area contributed by atoms with Gasteiger partial charge >= 0.3 is 5.97 Å². The van der Waals surface area contributed by atoms with Gasteiger partial charge in [0.25, 0.3) is 0 Å². The molecule has 5 heteroatoms. The van der Waals surface area contributed by atoms with Crippen molar-refractivity contribution in [2.24, 2.45) is 0 Å². The second-order valence-corrected chi connectivity index (χ2v) is 4.63. The van der Waals surface area contributed by atoms with Gasteiger partial charge in [-0.3, -0.25) is 4.79 Å². The molecule has 0 heterocycles. The Bertz CT molecular complexity index is 471. The zero-order valence-corrected chi connectivity index (χ0v) is 11.6. The molecule has 0 aromatic heterocycles. The fourth-order valence-corrected chi connectivity index (χ4v) is 1.85. The average molecular weight is 312 g/mol. The average Bonchev–Trinajstić information content (AvgIpc) is 2.34. The monoisotopic (exact) mass is 311 g/mol. The van der Waals surface area contributed by atoms with Crippen LogP contribution in [0.3, 0.4) is 0 Å². The molecule has 0 bridgehead atoms. The van der Waals surface area contributed by atoms with Crippen molar-refractivity contribution in [3.8, 4) is 0 Å². The molecule has 0 saturated carbocycles. The van der Waals surface area contributed by atoms with Crippen LogP contribution in [0.5, 0.6) is 0 Å². The molecule has 0 unspecified atom stereocenters. The van der Waals surface area contributed by atoms with Gasteiger partial charge in [-0.2, -0.15) is 0 Å². The predicted molar refractivity (Wildman–Crippen MR) is 72.3 cm³/mol. The first-order valence-electron chi connectivity index (χ1n) is 5.40. The maximum atomic E-state index is 11.5. The number of carbonyl (C=O) groups excluding carboxylic acids is 1. The third-order valence-electron chi connectivity index (χ3n) is 2.42. The first-order chi connectivity index (χ1) is 8.50. The Balaban J connectivity index is 2.51. The van der Waals surface area contributed by atoms with E-state index in [1.54, 1.807) is 7.05 Å². The highest BCUT2D eigenvalue weighted by Gasteiger charge is 2.06. The van der Waals surface area contributed by atoms with E-state index in [1.807, 2.05) is 24.3 Å². The summed E-state index contributed by atoms with van der Waals surface area (Å²) in [7, 11) is 1.64. The second-order valence-electron chi connectivity index (χ2n) is 3.77. The van der Waals surface area contributed by atoms with Gasteiger partial charge in [-0.25, -0.2) is 4.79 Å². The predicted octanol–water partition coefficient (Wildman–Crippen LogP) is 2.09. The fraction of sp³-hybridized carbons (Fsp3) is 0.231. The van der Waals surface area contributed by atoms with Crippen molar-refractivity contribution < 1.29 is 14.7 Å². The third-order valence-corrected chi connectivity index (χ3v) is 3.19. The first-order valence-corrected chi connectivity index (χ1v) is 6.19. The summed E-state index contributed by atoms with van der Waals surface area (Å²) < 4.78 is 1.01. The number of hydrogen-bond donors (Lipinski definition) is 1. The molecule has 0 saturated heterocycles. The number of benzene rings is 1. The summed E-state index contributed by atoms with van der Waals surface area (Å²) in [5, 5.41) is 8.42. The van der Waals surface area contributed by atoms with Crippen LogP contribution >= 0.6 is 15.9 Å². The van der Waals surface area contributed by atoms with E-state index in [4.69, 9.17) is 5.11 Å². The highest BCUT2D eigenvalue weighted by Crippen LogP contribution is 2.16. The van der Waals surface area contributed by atoms with Gasteiger partial charge in [-0.05, 0) is 18.1 Å². The maximum absolute atomic E-state index is 11.5. The molecule has 0 spiro atoms. The van der Waals surface area contributed by atoms with E-state index in [2.05, 4.69) is 15.9 Å². The molecule has 0 atom stereocenters. The van der Waals surface area contributed by atoms with Crippen LogP contribution in [0.15, 0.2) is 40.9 Å². The highest BCUT2D eigenvalue weighted by molar-refractivity contribution is 9.10. The summed E-state index contributed by atoms with van der Waals surface area (Å²) in [6.45, 7) is 0.533. The molecule has 96 valence electrons. The SMILES string of the molecule is CN(CCc1ccccc1Br)C(=O)/C=C/C(=O)O. The first kappa shape index (κ1) is 14.4. The number of aliphatic carboxylic acids is 1. The van der Waals surface area contributed by atoms with E-state index in [1.165, 1.54) is 4.90 Å². The number of rotatable bonds is 5. The highest BCUT2D eigenvalue weighted by atomic mass is 79.9. The minimum Gasteiger partial charge on any atom is -0.478 e. The van der Waals surface area contributed by atoms with E-state index < -0.39 is 5.97 Å². The Hall–Kier alpha value is -1.62. The number of hydrogen-bond acceptors (Lipinski definition) is 2. The molecule has 0 fully saturated rings. The van der Waals surface area contributed by atoms with Crippen LogP contribution in [0.4, 0.5) is 0 Å². The number of carboxylic acids is 1. The largest absolute Gasteiger partial charge is 0.478 e. The van der Waals surface area contributed by atoms with Gasteiger partial charge in [-0.1, -0.05) is 34.1 Å². The van der Waals surface area contributed by atoms with E-state index >= 15 is 0 Å². The smallest absolute Gasteiger partial charge is 0.328 e. The fourth-order valence-electron chi connectivity index (χ4n) is 1.37. The summed E-state index contributed by atoms with van der Waals surface area (Å²) in [6, 6.07) is 7.79. The van der Waals surface area contributed by atoms with Crippen molar-refractivity contribution in [2.75, 3.05) is 13.6 Å². The molecular formula is C13H14BrNO3. The van der Waals surface area contributed by atoms with Crippen LogP contribution in [0.25, 0.3) is 0 Å². The molecule has 0 aliphatic heterocycles. The molecule has 1 N–H and O–H groups in total. The van der Waals surface area contributed by atoms with Gasteiger partial charge in [-0.15, -0.1) is 0 Å². The van der Waals surface area contributed by atoms with E-state index in [-0.39, 0.29) is 5.91 Å². The van der Waals surface area contributed by atoms with Crippen molar-refractivity contribution >= 4 is 27.8 Å². The maximum Gasteiger partial charge on any atom is 0.328 e. The zero-order valence-electron chi connectivity index (χ0n) is 9.97. The number of carboxylic acid groups (broad SMARTS) is 1. The van der Waals surface area contributed by atoms with Crippen molar-refractivity contribution in [1.82, 2.24) is 4.90 Å². The van der Waals surface area contributed by atoms with Gasteiger partial charge in [0.1, 0.15) is 0 Å². The molecule has 1 amide bonds. The molecular weight excluding hydrogens is 298 g/mol. The lowest BCUT2D eigenvalue weighted by Crippen LogP contribution is -2.27. The lowest BCUT2D eigenvalue weighted by molar-refractivity contribution is -0.132. The van der Waals surface area contributed by atoms with Crippen LogP contribution in [0.1, 0.15) is 5.56 Å². The Labute approximate surface area is 114 Å². The minimum atomic E-state index is -1.12. The van der Waals surface area contributed by atoms with Gasteiger partial charge in [0.2, 0.25) is 5.91 Å². The normalized spacial score (nSPS) is 10.6. The summed E-state index contributed by atoms with van der Waals surface area (Å²) in [4.78, 5) is 23.3. The quantitative estimate of drug-likeness (QED) is 0.847. The van der Waals surface area contributed by atoms with Crippen LogP contribution in [-0.4, -0.2) is 35.5 Å². The molecule has 1 rings (SSSR count). The number of carbonyl (C=O) groups is 2. The molecule has 1 aromatic carbocycles. The van der Waals surface area contributed by atoms with E-state index in [9.17, 15) is 9.59 Å². The number of nitrogens with zero attached hydrogens (tertiary/aromatic N) is 1. The lowest BCUT2D eigenvalue weighted by Gasteiger charge is -2.15. The van der Waals surface area contributed by atoms with Crippen molar-refractivity contribution in [1.29, 1.82) is 0 Å². The van der Waals surface area contributed by atoms with Gasteiger partial charge in [0.05, 0.1) is 0 Å². The van der Waals surface area contributed by atoms with Crippen molar-refractivity contribution in [3.05, 3.63) is 46.5 Å². The van der Waals surface area contributed by atoms with Gasteiger partial charge in [0.15, 0.2) is 0 Å². The molecule has 0 aliphatic rings. The Kier molecular flexibility index (Phi) is 5.58. The molecule has 0 aliphatic carbocycles. The molecule has 1 aromatic rings. The summed E-state index contributed by atoms with van der Waals surface area (Å²) in [5.41, 5.74) is 1.11.